The van der Waals surface area contributed by atoms with E-state index in [9.17, 15) is 4.39 Å². The summed E-state index contributed by atoms with van der Waals surface area (Å²) in [5.41, 5.74) is 3.36. The smallest absolute Gasteiger partial charge is 0.127 e. The Morgan fingerprint density at radius 1 is 1.18 bits per heavy atom. The van der Waals surface area contributed by atoms with Gasteiger partial charge in [0.15, 0.2) is 0 Å². The fourth-order valence-corrected chi connectivity index (χ4v) is 2.51. The molecule has 0 nitrogen and oxygen atoms in total. The van der Waals surface area contributed by atoms with Crippen molar-refractivity contribution in [2.45, 2.75) is 40.0 Å². The van der Waals surface area contributed by atoms with Crippen LogP contribution < -0.4 is 0 Å². The Bertz CT molecular complexity index is 553. The molecular formula is C16H19F. The van der Waals surface area contributed by atoms with Gasteiger partial charge in [0.2, 0.25) is 0 Å². The quantitative estimate of drug-likeness (QED) is 0.683. The summed E-state index contributed by atoms with van der Waals surface area (Å²) in [6.45, 7) is 8.44. The fraction of sp³-hybridized carbons (Fsp3) is 0.375. The Hall–Kier alpha value is -1.37. The molecule has 0 N–H and O–H groups in total. The van der Waals surface area contributed by atoms with E-state index in [4.69, 9.17) is 0 Å². The lowest BCUT2D eigenvalue weighted by Gasteiger charge is -2.15. The molecule has 0 bridgehead atoms. The van der Waals surface area contributed by atoms with Gasteiger partial charge in [0.1, 0.15) is 5.82 Å². The van der Waals surface area contributed by atoms with Gasteiger partial charge in [0, 0.05) is 0 Å². The average Bonchev–Trinajstić information content (AvgIpc) is 2.28. The zero-order chi connectivity index (χ0) is 12.6. The second kappa shape index (κ2) is 4.48. The molecule has 0 saturated heterocycles. The molecule has 90 valence electrons. The molecule has 0 atom stereocenters. The van der Waals surface area contributed by atoms with Gasteiger partial charge < -0.3 is 0 Å². The van der Waals surface area contributed by atoms with Crippen molar-refractivity contribution < 1.29 is 4.39 Å². The van der Waals surface area contributed by atoms with Gasteiger partial charge in [-0.25, -0.2) is 4.39 Å². The van der Waals surface area contributed by atoms with Gasteiger partial charge in [-0.15, -0.1) is 0 Å². The molecule has 17 heavy (non-hydrogen) atoms. The summed E-state index contributed by atoms with van der Waals surface area (Å²) < 4.78 is 13.9. The molecule has 1 heteroatoms. The Balaban J connectivity index is 2.91. The monoisotopic (exact) mass is 230 g/mol. The van der Waals surface area contributed by atoms with E-state index < -0.39 is 0 Å². The molecule has 0 amide bonds. The van der Waals surface area contributed by atoms with Crippen LogP contribution in [0.2, 0.25) is 0 Å². The molecule has 0 fully saturated rings. The van der Waals surface area contributed by atoms with Crippen LogP contribution in [0.1, 0.15) is 43.4 Å². The zero-order valence-electron chi connectivity index (χ0n) is 11.0. The summed E-state index contributed by atoms with van der Waals surface area (Å²) in [6.07, 6.45) is 0.742. The van der Waals surface area contributed by atoms with Crippen LogP contribution in [0.5, 0.6) is 0 Å². The van der Waals surface area contributed by atoms with E-state index in [0.717, 1.165) is 22.8 Å². The summed E-state index contributed by atoms with van der Waals surface area (Å²) in [5, 5.41) is 2.28. The first-order valence-corrected chi connectivity index (χ1v) is 6.26. The van der Waals surface area contributed by atoms with E-state index in [1.54, 1.807) is 6.07 Å². The number of hydrogen-bond acceptors (Lipinski definition) is 0. The van der Waals surface area contributed by atoms with Gasteiger partial charge in [-0.1, -0.05) is 44.5 Å². The van der Waals surface area contributed by atoms with Crippen LogP contribution in [0, 0.1) is 12.7 Å². The van der Waals surface area contributed by atoms with Crippen molar-refractivity contribution in [2.75, 3.05) is 0 Å². The van der Waals surface area contributed by atoms with Crippen LogP contribution in [0.25, 0.3) is 10.8 Å². The molecule has 0 unspecified atom stereocenters. The van der Waals surface area contributed by atoms with E-state index in [-0.39, 0.29) is 5.82 Å². The van der Waals surface area contributed by atoms with Gasteiger partial charge in [0.25, 0.3) is 0 Å². The molecule has 2 aromatic carbocycles. The zero-order valence-corrected chi connectivity index (χ0v) is 11.0. The van der Waals surface area contributed by atoms with Crippen molar-refractivity contribution in [3.8, 4) is 0 Å². The van der Waals surface area contributed by atoms with Crippen molar-refractivity contribution in [3.63, 3.8) is 0 Å². The first-order valence-electron chi connectivity index (χ1n) is 6.26. The first kappa shape index (κ1) is 12.1. The Morgan fingerprint density at radius 2 is 1.88 bits per heavy atom. The largest absolute Gasteiger partial charge is 0.207 e. The summed E-state index contributed by atoms with van der Waals surface area (Å²) in [4.78, 5) is 0. The summed E-state index contributed by atoms with van der Waals surface area (Å²) >= 11 is 0. The van der Waals surface area contributed by atoms with Gasteiger partial charge in [-0.3, -0.25) is 0 Å². The van der Waals surface area contributed by atoms with Crippen LogP contribution >= 0.6 is 0 Å². The lowest BCUT2D eigenvalue weighted by atomic mass is 9.90. The maximum atomic E-state index is 13.9. The first-order chi connectivity index (χ1) is 8.04. The highest BCUT2D eigenvalue weighted by molar-refractivity contribution is 5.90. The third-order valence-corrected chi connectivity index (χ3v) is 3.32. The lowest BCUT2D eigenvalue weighted by molar-refractivity contribution is 0.614. The lowest BCUT2D eigenvalue weighted by Crippen LogP contribution is -1.97. The van der Waals surface area contributed by atoms with Crippen LogP contribution in [0.3, 0.4) is 0 Å². The molecule has 2 aromatic rings. The average molecular weight is 230 g/mol. The standard InChI is InChI=1S/C16H19F/c1-5-13-15(17)7-6-12-8-11(4)9-14(10(2)3)16(12)13/h6-10H,5H2,1-4H3. The van der Waals surface area contributed by atoms with Crippen LogP contribution in [-0.4, -0.2) is 0 Å². The molecule has 0 aliphatic carbocycles. The van der Waals surface area contributed by atoms with Crippen LogP contribution in [-0.2, 0) is 6.42 Å². The number of rotatable bonds is 2. The summed E-state index contributed by atoms with van der Waals surface area (Å²) in [5.74, 6) is 0.343. The second-order valence-electron chi connectivity index (χ2n) is 4.99. The maximum absolute atomic E-state index is 13.9. The molecule has 0 aliphatic rings. The highest BCUT2D eigenvalue weighted by Crippen LogP contribution is 2.31. The van der Waals surface area contributed by atoms with E-state index >= 15 is 0 Å². The minimum atomic E-state index is -0.0780. The highest BCUT2D eigenvalue weighted by Gasteiger charge is 2.12. The molecule has 0 aliphatic heterocycles. The normalized spacial score (nSPS) is 11.4. The summed E-state index contributed by atoms with van der Waals surface area (Å²) in [6, 6.07) is 7.80. The number of benzene rings is 2. The fourth-order valence-electron chi connectivity index (χ4n) is 2.51. The number of hydrogen-bond donors (Lipinski definition) is 0. The minimum Gasteiger partial charge on any atom is -0.207 e. The van der Waals surface area contributed by atoms with E-state index in [1.807, 2.05) is 13.0 Å². The Labute approximate surface area is 102 Å². The predicted octanol–water partition coefficient (Wildman–Crippen LogP) is 4.97. The van der Waals surface area contributed by atoms with Gasteiger partial charge in [-0.05, 0) is 47.2 Å². The van der Waals surface area contributed by atoms with Crippen LogP contribution in [0.15, 0.2) is 24.3 Å². The minimum absolute atomic E-state index is 0.0780. The van der Waals surface area contributed by atoms with Crippen LogP contribution in [0.4, 0.5) is 4.39 Å². The number of fused-ring (bicyclic) bond motifs is 1. The Kier molecular flexibility index (Phi) is 3.19. The third-order valence-electron chi connectivity index (χ3n) is 3.32. The molecule has 2 rings (SSSR count). The van der Waals surface area contributed by atoms with E-state index in [0.29, 0.717) is 5.92 Å². The number of halogens is 1. The van der Waals surface area contributed by atoms with Crippen molar-refractivity contribution in [3.05, 3.63) is 46.8 Å². The second-order valence-corrected chi connectivity index (χ2v) is 4.99. The molecule has 0 saturated carbocycles. The molecule has 0 heterocycles. The molecular weight excluding hydrogens is 211 g/mol. The van der Waals surface area contributed by atoms with Crippen molar-refractivity contribution in [1.82, 2.24) is 0 Å². The van der Waals surface area contributed by atoms with Crippen molar-refractivity contribution >= 4 is 10.8 Å². The van der Waals surface area contributed by atoms with Crippen molar-refractivity contribution in [2.24, 2.45) is 0 Å². The molecule has 0 aromatic heterocycles. The third kappa shape index (κ3) is 2.06. The van der Waals surface area contributed by atoms with Gasteiger partial charge in [-0.2, -0.15) is 0 Å². The number of aryl methyl sites for hydroxylation is 2. The topological polar surface area (TPSA) is 0 Å². The highest BCUT2D eigenvalue weighted by atomic mass is 19.1. The SMILES string of the molecule is CCc1c(F)ccc2cc(C)cc(C(C)C)c12. The maximum Gasteiger partial charge on any atom is 0.127 e. The van der Waals surface area contributed by atoms with Gasteiger partial charge >= 0.3 is 0 Å². The Morgan fingerprint density at radius 3 is 2.47 bits per heavy atom. The van der Waals surface area contributed by atoms with E-state index in [2.05, 4.69) is 32.9 Å². The van der Waals surface area contributed by atoms with Crippen molar-refractivity contribution in [1.29, 1.82) is 0 Å². The molecule has 0 radical (unpaired) electrons. The van der Waals surface area contributed by atoms with E-state index in [1.165, 1.54) is 11.1 Å². The van der Waals surface area contributed by atoms with Gasteiger partial charge in [0.05, 0.1) is 0 Å². The summed E-state index contributed by atoms with van der Waals surface area (Å²) in [7, 11) is 0. The predicted molar refractivity (Wildman–Crippen MR) is 72.1 cm³/mol. The molecule has 0 spiro atoms.